The second kappa shape index (κ2) is 7.26. The van der Waals surface area contributed by atoms with Crippen LogP contribution in [-0.2, 0) is 13.1 Å². The highest BCUT2D eigenvalue weighted by molar-refractivity contribution is 5.94. The molecule has 5 rings (SSSR count). The average molecular weight is 400 g/mol. The summed E-state index contributed by atoms with van der Waals surface area (Å²) in [4.78, 5) is 8.89. The fraction of sp³-hybridized carbons (Fsp3) is 0.174. The predicted octanol–water partition coefficient (Wildman–Crippen LogP) is 4.50. The van der Waals surface area contributed by atoms with Crippen molar-refractivity contribution in [2.45, 2.75) is 26.9 Å². The summed E-state index contributed by atoms with van der Waals surface area (Å²) in [6.45, 7) is 5.20. The van der Waals surface area contributed by atoms with Crippen molar-refractivity contribution >= 4 is 22.2 Å². The molecule has 0 unspecified atom stereocenters. The van der Waals surface area contributed by atoms with Crippen LogP contribution in [0.1, 0.15) is 22.8 Å². The molecule has 0 bridgehead atoms. The summed E-state index contributed by atoms with van der Waals surface area (Å²) in [6.07, 6.45) is 3.47. The number of hydrogen-bond donors (Lipinski definition) is 1. The third-order valence-electron chi connectivity index (χ3n) is 5.22. The molecular weight excluding hydrogens is 379 g/mol. The summed E-state index contributed by atoms with van der Waals surface area (Å²) >= 11 is 0. The quantitative estimate of drug-likeness (QED) is 0.472. The molecule has 0 amide bonds. The first kappa shape index (κ1) is 18.3. The van der Waals surface area contributed by atoms with Gasteiger partial charge in [0.25, 0.3) is 0 Å². The topological polar surface area (TPSA) is 60.0 Å². The van der Waals surface area contributed by atoms with Crippen LogP contribution in [0.25, 0.3) is 16.6 Å². The molecule has 0 radical (unpaired) electrons. The summed E-state index contributed by atoms with van der Waals surface area (Å²) in [6, 6.07) is 15.0. The Morgan fingerprint density at radius 2 is 1.93 bits per heavy atom. The first-order chi connectivity index (χ1) is 14.6. The molecule has 0 saturated carbocycles. The molecule has 0 saturated heterocycles. The van der Waals surface area contributed by atoms with E-state index in [4.69, 9.17) is 5.10 Å². The minimum Gasteiger partial charge on any atom is -0.379 e. The Morgan fingerprint density at radius 3 is 2.80 bits per heavy atom. The Labute approximate surface area is 173 Å². The highest BCUT2D eigenvalue weighted by Crippen LogP contribution is 2.27. The van der Waals surface area contributed by atoms with Crippen LogP contribution in [0.15, 0.2) is 60.9 Å². The number of nitrogens with zero attached hydrogens (tertiary/aromatic N) is 5. The van der Waals surface area contributed by atoms with Gasteiger partial charge in [-0.3, -0.25) is 9.67 Å². The highest BCUT2D eigenvalue weighted by Gasteiger charge is 2.13. The summed E-state index contributed by atoms with van der Waals surface area (Å²) in [5.74, 6) is -0.288. The van der Waals surface area contributed by atoms with E-state index in [9.17, 15) is 4.39 Å². The number of fused-ring (bicyclic) bond motifs is 2. The third-order valence-corrected chi connectivity index (χ3v) is 5.22. The van der Waals surface area contributed by atoms with Gasteiger partial charge in [0.1, 0.15) is 11.5 Å². The lowest BCUT2D eigenvalue weighted by Crippen LogP contribution is -2.05. The molecule has 0 fully saturated rings. The molecule has 30 heavy (non-hydrogen) atoms. The number of nitrogens with one attached hydrogen (secondary N) is 1. The Hall–Kier alpha value is -3.74. The number of rotatable bonds is 5. The molecule has 150 valence electrons. The molecule has 0 aliphatic carbocycles. The molecule has 5 aromatic rings. The first-order valence-corrected chi connectivity index (χ1v) is 9.82. The van der Waals surface area contributed by atoms with Crippen LogP contribution >= 0.6 is 0 Å². The maximum absolute atomic E-state index is 13.4. The molecule has 0 spiro atoms. The van der Waals surface area contributed by atoms with Gasteiger partial charge < -0.3 is 9.72 Å². The van der Waals surface area contributed by atoms with E-state index in [1.54, 1.807) is 12.4 Å². The van der Waals surface area contributed by atoms with E-state index in [1.807, 2.05) is 47.2 Å². The zero-order valence-electron chi connectivity index (χ0n) is 16.8. The number of anilines is 1. The van der Waals surface area contributed by atoms with Crippen LogP contribution in [-0.4, -0.2) is 24.1 Å². The maximum Gasteiger partial charge on any atom is 0.139 e. The molecule has 7 heteroatoms. The van der Waals surface area contributed by atoms with Gasteiger partial charge in [-0.25, -0.2) is 9.37 Å². The largest absolute Gasteiger partial charge is 0.379 e. The number of aryl methyl sites for hydroxylation is 2. The molecule has 0 aliphatic heterocycles. The van der Waals surface area contributed by atoms with E-state index < -0.39 is 0 Å². The van der Waals surface area contributed by atoms with Crippen molar-refractivity contribution in [3.05, 3.63) is 89.5 Å². The van der Waals surface area contributed by atoms with E-state index in [0.29, 0.717) is 18.7 Å². The van der Waals surface area contributed by atoms with Crippen molar-refractivity contribution in [1.82, 2.24) is 24.1 Å². The molecule has 6 nitrogen and oxygen atoms in total. The number of imidazole rings is 1. The second-order valence-electron chi connectivity index (χ2n) is 7.39. The van der Waals surface area contributed by atoms with Gasteiger partial charge in [-0.2, -0.15) is 5.10 Å². The van der Waals surface area contributed by atoms with Crippen molar-refractivity contribution in [3.63, 3.8) is 0 Å². The monoisotopic (exact) mass is 400 g/mol. The van der Waals surface area contributed by atoms with Crippen LogP contribution in [0, 0.1) is 19.7 Å². The maximum atomic E-state index is 13.4. The van der Waals surface area contributed by atoms with Crippen molar-refractivity contribution in [2.75, 3.05) is 5.32 Å². The highest BCUT2D eigenvalue weighted by atomic mass is 19.1. The van der Waals surface area contributed by atoms with Crippen molar-refractivity contribution in [3.8, 4) is 0 Å². The van der Waals surface area contributed by atoms with Crippen molar-refractivity contribution < 1.29 is 4.39 Å². The summed E-state index contributed by atoms with van der Waals surface area (Å²) in [5.41, 5.74) is 6.55. The van der Waals surface area contributed by atoms with E-state index in [-0.39, 0.29) is 5.82 Å². The molecule has 4 heterocycles. The Kier molecular flexibility index (Phi) is 4.43. The lowest BCUT2D eigenvalue weighted by atomic mass is 10.1. The zero-order chi connectivity index (χ0) is 20.7. The van der Waals surface area contributed by atoms with Gasteiger partial charge in [0, 0.05) is 29.0 Å². The minimum atomic E-state index is -0.288. The lowest BCUT2D eigenvalue weighted by Gasteiger charge is -2.09. The molecule has 1 N–H and O–H groups in total. The standard InChI is InChI=1S/C23H21FN6/c1-15-5-3-6-18(27-15)14-30-21-8-4-7-20(23(21)16(2)28-30)25-12-19-13-26-22-11-17(24)9-10-29(19)22/h3-11,13,25H,12,14H2,1-2H3. The van der Waals surface area contributed by atoms with Crippen LogP contribution in [0.4, 0.5) is 10.1 Å². The van der Waals surface area contributed by atoms with Gasteiger partial charge >= 0.3 is 0 Å². The fourth-order valence-corrected chi connectivity index (χ4v) is 3.85. The molecular formula is C23H21FN6. The molecule has 1 aromatic carbocycles. The van der Waals surface area contributed by atoms with E-state index in [0.717, 1.165) is 39.4 Å². The number of halogens is 1. The van der Waals surface area contributed by atoms with Crippen molar-refractivity contribution in [1.29, 1.82) is 0 Å². The summed E-state index contributed by atoms with van der Waals surface area (Å²) in [5, 5.41) is 9.35. The number of hydrogen-bond acceptors (Lipinski definition) is 4. The smallest absolute Gasteiger partial charge is 0.139 e. The average Bonchev–Trinajstić information content (AvgIpc) is 3.27. The van der Waals surface area contributed by atoms with Gasteiger partial charge in [-0.15, -0.1) is 0 Å². The normalized spacial score (nSPS) is 11.4. The Bertz CT molecular complexity index is 1370. The molecule has 0 atom stereocenters. The van der Waals surface area contributed by atoms with Crippen LogP contribution in [0.2, 0.25) is 0 Å². The van der Waals surface area contributed by atoms with Crippen LogP contribution < -0.4 is 5.32 Å². The predicted molar refractivity (Wildman–Crippen MR) is 115 cm³/mol. The first-order valence-electron chi connectivity index (χ1n) is 9.82. The molecule has 0 aliphatic rings. The number of pyridine rings is 2. The van der Waals surface area contributed by atoms with E-state index >= 15 is 0 Å². The molecule has 4 aromatic heterocycles. The minimum absolute atomic E-state index is 0.288. The van der Waals surface area contributed by atoms with Gasteiger partial charge in [-0.05, 0) is 44.2 Å². The van der Waals surface area contributed by atoms with Gasteiger partial charge in [0.15, 0.2) is 0 Å². The SMILES string of the molecule is Cc1cccc(Cn2nc(C)c3c(NCc4cnc5cc(F)ccn45)cccc32)n1. The Morgan fingerprint density at radius 1 is 1.07 bits per heavy atom. The fourth-order valence-electron chi connectivity index (χ4n) is 3.85. The number of aromatic nitrogens is 5. The lowest BCUT2D eigenvalue weighted by molar-refractivity contribution is 0.626. The van der Waals surface area contributed by atoms with Crippen LogP contribution in [0.5, 0.6) is 0 Å². The van der Waals surface area contributed by atoms with Crippen LogP contribution in [0.3, 0.4) is 0 Å². The van der Waals surface area contributed by atoms with Gasteiger partial charge in [0.2, 0.25) is 0 Å². The second-order valence-corrected chi connectivity index (χ2v) is 7.39. The summed E-state index contributed by atoms with van der Waals surface area (Å²) in [7, 11) is 0. The van der Waals surface area contributed by atoms with Crippen molar-refractivity contribution in [2.24, 2.45) is 0 Å². The van der Waals surface area contributed by atoms with E-state index in [2.05, 4.69) is 27.4 Å². The van der Waals surface area contributed by atoms with E-state index in [1.165, 1.54) is 12.1 Å². The third kappa shape index (κ3) is 3.28. The number of benzene rings is 1. The Balaban J connectivity index is 1.45. The van der Waals surface area contributed by atoms with Gasteiger partial charge in [-0.1, -0.05) is 12.1 Å². The summed E-state index contributed by atoms with van der Waals surface area (Å²) < 4.78 is 17.3. The van der Waals surface area contributed by atoms with Gasteiger partial charge in [0.05, 0.1) is 41.9 Å². The zero-order valence-corrected chi connectivity index (χ0v) is 16.8.